The van der Waals surface area contributed by atoms with Crippen molar-refractivity contribution in [3.8, 4) is 6.07 Å². The van der Waals surface area contributed by atoms with E-state index in [-0.39, 0.29) is 10.6 Å². The summed E-state index contributed by atoms with van der Waals surface area (Å²) in [6.45, 7) is 0.987. The zero-order chi connectivity index (χ0) is 23.6. The first-order valence-electron chi connectivity index (χ1n) is 11.4. The van der Waals surface area contributed by atoms with Crippen LogP contribution in [0.25, 0.3) is 0 Å². The van der Waals surface area contributed by atoms with Crippen molar-refractivity contribution in [1.29, 1.82) is 5.26 Å². The summed E-state index contributed by atoms with van der Waals surface area (Å²) in [5.74, 6) is -0.638. The van der Waals surface area contributed by atoms with Crippen LogP contribution in [0, 0.1) is 11.3 Å². The van der Waals surface area contributed by atoms with Crippen LogP contribution >= 0.6 is 11.6 Å². The van der Waals surface area contributed by atoms with Gasteiger partial charge in [0.15, 0.2) is 0 Å². The first-order valence-corrected chi connectivity index (χ1v) is 11.8. The van der Waals surface area contributed by atoms with Gasteiger partial charge < -0.3 is 15.7 Å². The summed E-state index contributed by atoms with van der Waals surface area (Å²) in [7, 11) is 0. The van der Waals surface area contributed by atoms with Gasteiger partial charge in [-0.2, -0.15) is 5.26 Å². The Bertz CT molecular complexity index is 1030. The number of aliphatic carboxylic acids is 1. The van der Waals surface area contributed by atoms with Gasteiger partial charge >= 0.3 is 5.97 Å². The van der Waals surface area contributed by atoms with Gasteiger partial charge in [-0.25, -0.2) is 9.78 Å². The Kier molecular flexibility index (Phi) is 9.08. The number of rotatable bonds is 11. The molecule has 1 amide bonds. The SMILES string of the molecule is N#Cc1ccc(Cl)c(C(=O)NC(CCCCCCCc2ccc3c(n2)NCCC3)C(=O)O)c1. The highest BCUT2D eigenvalue weighted by Gasteiger charge is 2.21. The van der Waals surface area contributed by atoms with Gasteiger partial charge in [-0.1, -0.05) is 43.4 Å². The molecule has 2 heterocycles. The Morgan fingerprint density at radius 2 is 1.97 bits per heavy atom. The van der Waals surface area contributed by atoms with Gasteiger partial charge in [-0.3, -0.25) is 4.79 Å². The minimum absolute atomic E-state index is 0.105. The maximum Gasteiger partial charge on any atom is 0.326 e. The highest BCUT2D eigenvalue weighted by molar-refractivity contribution is 6.33. The summed E-state index contributed by atoms with van der Waals surface area (Å²) >= 11 is 6.04. The zero-order valence-corrected chi connectivity index (χ0v) is 19.3. The Labute approximate surface area is 199 Å². The Balaban J connectivity index is 1.37. The highest BCUT2D eigenvalue weighted by Crippen LogP contribution is 2.21. The second kappa shape index (κ2) is 12.2. The van der Waals surface area contributed by atoms with Crippen LogP contribution in [0.3, 0.4) is 0 Å². The van der Waals surface area contributed by atoms with Gasteiger partial charge in [0.05, 0.1) is 22.2 Å². The van der Waals surface area contributed by atoms with Gasteiger partial charge in [0.1, 0.15) is 11.9 Å². The second-order valence-electron chi connectivity index (χ2n) is 8.32. The summed E-state index contributed by atoms with van der Waals surface area (Å²) < 4.78 is 0. The summed E-state index contributed by atoms with van der Waals surface area (Å²) in [5, 5.41) is 24.5. The number of fused-ring (bicyclic) bond motifs is 1. The molecule has 1 aliphatic rings. The van der Waals surface area contributed by atoms with Crippen LogP contribution in [0.5, 0.6) is 0 Å². The molecule has 0 saturated carbocycles. The van der Waals surface area contributed by atoms with E-state index in [1.54, 1.807) is 0 Å². The van der Waals surface area contributed by atoms with Crippen molar-refractivity contribution in [3.63, 3.8) is 0 Å². The summed E-state index contributed by atoms with van der Waals surface area (Å²) in [4.78, 5) is 28.8. The van der Waals surface area contributed by atoms with E-state index in [0.717, 1.165) is 63.0 Å². The molecule has 1 aromatic carbocycles. The van der Waals surface area contributed by atoms with Crippen molar-refractivity contribution in [2.75, 3.05) is 11.9 Å². The summed E-state index contributed by atoms with van der Waals surface area (Å²) in [6, 6.07) is 9.57. The average Bonchev–Trinajstić information content (AvgIpc) is 2.82. The van der Waals surface area contributed by atoms with Crippen LogP contribution in [0.4, 0.5) is 5.82 Å². The number of hydrogen-bond acceptors (Lipinski definition) is 5. The number of nitrogens with one attached hydrogen (secondary N) is 2. The number of benzene rings is 1. The molecular formula is C25H29ClN4O3. The molecule has 1 aromatic heterocycles. The summed E-state index contributed by atoms with van der Waals surface area (Å²) in [6.07, 6.45) is 8.20. The summed E-state index contributed by atoms with van der Waals surface area (Å²) in [5.41, 5.74) is 2.80. The van der Waals surface area contributed by atoms with Crippen molar-refractivity contribution < 1.29 is 14.7 Å². The number of unbranched alkanes of at least 4 members (excludes halogenated alkanes) is 4. The van der Waals surface area contributed by atoms with Crippen molar-refractivity contribution in [2.45, 2.75) is 63.8 Å². The predicted molar refractivity (Wildman–Crippen MR) is 128 cm³/mol. The lowest BCUT2D eigenvalue weighted by atomic mass is 10.0. The van der Waals surface area contributed by atoms with Gasteiger partial charge in [-0.05, 0) is 61.9 Å². The fraction of sp³-hybridized carbons (Fsp3) is 0.440. The number of nitrogens with zero attached hydrogens (tertiary/aromatic N) is 2. The van der Waals surface area contributed by atoms with Gasteiger partial charge in [0.25, 0.3) is 5.91 Å². The quantitative estimate of drug-likeness (QED) is 0.410. The third kappa shape index (κ3) is 7.19. The number of amides is 1. The zero-order valence-electron chi connectivity index (χ0n) is 18.6. The molecule has 174 valence electrons. The number of halogens is 1. The van der Waals surface area contributed by atoms with E-state index in [1.807, 2.05) is 6.07 Å². The molecule has 0 saturated heterocycles. The second-order valence-corrected chi connectivity index (χ2v) is 8.73. The fourth-order valence-corrected chi connectivity index (χ4v) is 4.16. The normalized spacial score (nSPS) is 13.3. The van der Waals surface area contributed by atoms with Gasteiger partial charge in [0, 0.05) is 12.2 Å². The maximum atomic E-state index is 12.5. The topological polar surface area (TPSA) is 115 Å². The maximum absolute atomic E-state index is 12.5. The number of nitriles is 1. The van der Waals surface area contributed by atoms with Crippen LogP contribution in [-0.2, 0) is 17.6 Å². The predicted octanol–water partition coefficient (Wildman–Crippen LogP) is 4.73. The molecule has 7 nitrogen and oxygen atoms in total. The molecule has 0 aliphatic carbocycles. The van der Waals surface area contributed by atoms with E-state index in [2.05, 4.69) is 22.8 Å². The molecule has 3 rings (SSSR count). The third-order valence-corrected chi connectivity index (χ3v) is 6.15. The number of hydrogen-bond donors (Lipinski definition) is 3. The third-order valence-electron chi connectivity index (χ3n) is 5.82. The smallest absolute Gasteiger partial charge is 0.326 e. The lowest BCUT2D eigenvalue weighted by molar-refractivity contribution is -0.139. The molecule has 8 heteroatoms. The Morgan fingerprint density at radius 3 is 2.76 bits per heavy atom. The Morgan fingerprint density at radius 1 is 1.18 bits per heavy atom. The molecule has 1 unspecified atom stereocenters. The van der Waals surface area contributed by atoms with Crippen molar-refractivity contribution in [2.24, 2.45) is 0 Å². The largest absolute Gasteiger partial charge is 0.480 e. The van der Waals surface area contributed by atoms with E-state index >= 15 is 0 Å². The van der Waals surface area contributed by atoms with Crippen LogP contribution in [0.2, 0.25) is 5.02 Å². The van der Waals surface area contributed by atoms with E-state index < -0.39 is 17.9 Å². The standard InChI is InChI=1S/C25H29ClN4O3/c26-21-13-10-17(16-27)15-20(21)24(31)30-22(25(32)33)9-5-3-1-2-4-8-19-12-11-18-7-6-14-28-23(18)29-19/h10-13,15,22H,1-9,14H2,(H,28,29)(H,30,31)(H,32,33). The first kappa shape index (κ1) is 24.5. The highest BCUT2D eigenvalue weighted by atomic mass is 35.5. The number of anilines is 1. The average molecular weight is 469 g/mol. The minimum Gasteiger partial charge on any atom is -0.480 e. The molecule has 2 aromatic rings. The number of aromatic nitrogens is 1. The van der Waals surface area contributed by atoms with E-state index in [4.69, 9.17) is 21.8 Å². The molecule has 3 N–H and O–H groups in total. The molecule has 0 bridgehead atoms. The molecule has 0 fully saturated rings. The van der Waals surface area contributed by atoms with Crippen molar-refractivity contribution in [3.05, 3.63) is 57.7 Å². The number of aryl methyl sites for hydroxylation is 2. The van der Waals surface area contributed by atoms with Gasteiger partial charge in [-0.15, -0.1) is 0 Å². The van der Waals surface area contributed by atoms with Crippen LogP contribution in [0.1, 0.15) is 72.1 Å². The van der Waals surface area contributed by atoms with Crippen molar-refractivity contribution in [1.82, 2.24) is 10.3 Å². The molecular weight excluding hydrogens is 440 g/mol. The molecule has 1 atom stereocenters. The minimum atomic E-state index is -1.08. The molecule has 1 aliphatic heterocycles. The monoisotopic (exact) mass is 468 g/mol. The van der Waals surface area contributed by atoms with E-state index in [1.165, 1.54) is 23.8 Å². The Hall–Kier alpha value is -3.11. The van der Waals surface area contributed by atoms with Crippen LogP contribution in [-0.4, -0.2) is 34.6 Å². The molecule has 0 spiro atoms. The number of pyridine rings is 1. The number of carbonyl (C=O) groups is 2. The first-order chi connectivity index (χ1) is 16.0. The number of carbonyl (C=O) groups excluding carboxylic acids is 1. The molecule has 33 heavy (non-hydrogen) atoms. The van der Waals surface area contributed by atoms with Crippen molar-refractivity contribution >= 4 is 29.3 Å². The van der Waals surface area contributed by atoms with Crippen LogP contribution < -0.4 is 10.6 Å². The number of carboxylic acids is 1. The lowest BCUT2D eigenvalue weighted by Crippen LogP contribution is -2.40. The molecule has 0 radical (unpaired) electrons. The van der Waals surface area contributed by atoms with E-state index in [0.29, 0.717) is 18.4 Å². The van der Waals surface area contributed by atoms with Gasteiger partial charge in [0.2, 0.25) is 0 Å². The fourth-order valence-electron chi connectivity index (χ4n) is 3.96. The van der Waals surface area contributed by atoms with E-state index in [9.17, 15) is 14.7 Å². The lowest BCUT2D eigenvalue weighted by Gasteiger charge is -2.17. The van der Waals surface area contributed by atoms with Crippen LogP contribution in [0.15, 0.2) is 30.3 Å². The number of carboxylic acid groups (broad SMARTS) is 1.